The molecule has 1 heterocycles. The topological polar surface area (TPSA) is 4.93 Å². The summed E-state index contributed by atoms with van der Waals surface area (Å²) < 4.78 is 43.0. The molecule has 1 nitrogen and oxygen atoms in total. The second kappa shape index (κ2) is 12.2. The molecule has 0 amide bonds. The van der Waals surface area contributed by atoms with Crippen LogP contribution in [0.25, 0.3) is 93.2 Å². The minimum Gasteiger partial charge on any atom is -0.309 e. The van der Waals surface area contributed by atoms with Gasteiger partial charge in [-0.3, -0.25) is 0 Å². The lowest BCUT2D eigenvalue weighted by molar-refractivity contribution is -0.137. The highest BCUT2D eigenvalue weighted by Gasteiger charge is 2.30. The lowest BCUT2D eigenvalue weighted by Crippen LogP contribution is -2.04. The van der Waals surface area contributed by atoms with Crippen molar-refractivity contribution in [2.45, 2.75) is 13.1 Å². The van der Waals surface area contributed by atoms with Gasteiger partial charge in [0.15, 0.2) is 0 Å². The van der Waals surface area contributed by atoms with Gasteiger partial charge in [-0.2, -0.15) is 13.2 Å². The number of benzene rings is 9. The molecule has 10 aromatic rings. The summed E-state index contributed by atoms with van der Waals surface area (Å²) in [4.78, 5) is 0. The van der Waals surface area contributed by atoms with E-state index in [1.165, 1.54) is 37.7 Å². The van der Waals surface area contributed by atoms with Gasteiger partial charge in [-0.05, 0) is 122 Å². The molecule has 0 saturated carbocycles. The Morgan fingerprint density at radius 2 is 0.944 bits per heavy atom. The minimum atomic E-state index is -4.40. The number of alkyl halides is 3. The van der Waals surface area contributed by atoms with Crippen LogP contribution in [0.3, 0.4) is 0 Å². The van der Waals surface area contributed by atoms with E-state index in [-0.39, 0.29) is 0 Å². The fraction of sp³-hybridized carbons (Fsp3) is 0.0400. The predicted molar refractivity (Wildman–Crippen MR) is 219 cm³/mol. The Morgan fingerprint density at radius 3 is 1.63 bits per heavy atom. The van der Waals surface area contributed by atoms with E-state index < -0.39 is 11.7 Å². The lowest BCUT2D eigenvalue weighted by atomic mass is 9.91. The van der Waals surface area contributed by atoms with Gasteiger partial charge in [-0.25, -0.2) is 0 Å². The van der Waals surface area contributed by atoms with Crippen LogP contribution in [0.1, 0.15) is 11.1 Å². The van der Waals surface area contributed by atoms with E-state index in [0.29, 0.717) is 0 Å². The Bertz CT molecular complexity index is 3060. The third-order valence-corrected chi connectivity index (χ3v) is 10.8. The molecule has 0 aliphatic heterocycles. The monoisotopic (exact) mass is 703 g/mol. The highest BCUT2D eigenvalue weighted by atomic mass is 19.4. The fourth-order valence-electron chi connectivity index (χ4n) is 8.24. The molecule has 0 aliphatic rings. The van der Waals surface area contributed by atoms with E-state index in [1.807, 2.05) is 6.07 Å². The first-order valence-corrected chi connectivity index (χ1v) is 18.1. The number of hydrogen-bond donors (Lipinski definition) is 0. The van der Waals surface area contributed by atoms with Crippen LogP contribution in [-0.2, 0) is 6.18 Å². The second-order valence-electron chi connectivity index (χ2n) is 14.1. The molecule has 258 valence electrons. The molecule has 0 unspecified atom stereocenters. The third-order valence-electron chi connectivity index (χ3n) is 10.8. The van der Waals surface area contributed by atoms with E-state index in [2.05, 4.69) is 157 Å². The van der Waals surface area contributed by atoms with Gasteiger partial charge in [0.2, 0.25) is 0 Å². The van der Waals surface area contributed by atoms with Crippen molar-refractivity contribution in [1.29, 1.82) is 0 Å². The molecular weight excluding hydrogens is 672 g/mol. The molecule has 0 fully saturated rings. The summed E-state index contributed by atoms with van der Waals surface area (Å²) >= 11 is 0. The molecule has 0 spiro atoms. The van der Waals surface area contributed by atoms with Crippen molar-refractivity contribution in [1.82, 2.24) is 4.57 Å². The zero-order chi connectivity index (χ0) is 36.6. The summed E-state index contributed by atoms with van der Waals surface area (Å²) in [5, 5.41) is 9.54. The van der Waals surface area contributed by atoms with Crippen molar-refractivity contribution < 1.29 is 13.2 Å². The number of rotatable bonds is 4. The molecular formula is C50H32F3N. The standard InChI is InChI=1S/C50H32F3N/c1-31-15-17-32(18-16-31)36-27-37(33-19-23-39(24-20-33)50(51,52)53)29-38(28-36)35-22-26-46-45(30-35)48-43-14-8-7-13-42(43)44-25-21-34-9-5-6-12-41(34)47(44)49(48)54(46)40-10-3-2-4-11-40/h2-30H,1H3. The van der Waals surface area contributed by atoms with E-state index in [9.17, 15) is 13.2 Å². The molecule has 0 radical (unpaired) electrons. The SMILES string of the molecule is Cc1ccc(-c2cc(-c3ccc(C(F)(F)F)cc3)cc(-c3ccc4c(c3)c3c5ccccc5c5ccc6ccccc6c5c3n4-c3ccccc3)c2)cc1. The molecule has 10 rings (SSSR count). The summed E-state index contributed by atoms with van der Waals surface area (Å²) in [6, 6.07) is 59.2. The van der Waals surface area contributed by atoms with Gasteiger partial charge >= 0.3 is 6.18 Å². The van der Waals surface area contributed by atoms with Gasteiger partial charge in [-0.1, -0.05) is 127 Å². The molecule has 0 aliphatic carbocycles. The van der Waals surface area contributed by atoms with Crippen LogP contribution in [0.15, 0.2) is 176 Å². The van der Waals surface area contributed by atoms with Gasteiger partial charge in [0, 0.05) is 21.8 Å². The zero-order valence-electron chi connectivity index (χ0n) is 29.3. The van der Waals surface area contributed by atoms with Crippen LogP contribution in [0, 0.1) is 6.92 Å². The largest absolute Gasteiger partial charge is 0.416 e. The van der Waals surface area contributed by atoms with Crippen molar-refractivity contribution in [2.75, 3.05) is 0 Å². The molecule has 0 atom stereocenters. The smallest absolute Gasteiger partial charge is 0.309 e. The fourth-order valence-corrected chi connectivity index (χ4v) is 8.24. The van der Waals surface area contributed by atoms with E-state index >= 15 is 0 Å². The Balaban J connectivity index is 1.30. The zero-order valence-corrected chi connectivity index (χ0v) is 29.3. The quantitative estimate of drug-likeness (QED) is 0.161. The molecule has 4 heteroatoms. The molecule has 1 aromatic heterocycles. The van der Waals surface area contributed by atoms with Crippen LogP contribution >= 0.6 is 0 Å². The number of aryl methyl sites for hydroxylation is 1. The number of para-hydroxylation sites is 1. The molecule has 9 aromatic carbocycles. The minimum absolute atomic E-state index is 0.658. The summed E-state index contributed by atoms with van der Waals surface area (Å²) in [6.45, 7) is 2.06. The number of aromatic nitrogens is 1. The van der Waals surface area contributed by atoms with Crippen LogP contribution in [0.4, 0.5) is 13.2 Å². The molecule has 0 bridgehead atoms. The Morgan fingerprint density at radius 1 is 0.407 bits per heavy atom. The summed E-state index contributed by atoms with van der Waals surface area (Å²) in [7, 11) is 0. The summed E-state index contributed by atoms with van der Waals surface area (Å²) in [6.07, 6.45) is -4.40. The van der Waals surface area contributed by atoms with Crippen LogP contribution < -0.4 is 0 Å². The third kappa shape index (κ3) is 5.17. The average Bonchev–Trinajstić information content (AvgIpc) is 3.55. The Labute approximate surface area is 310 Å². The van der Waals surface area contributed by atoms with Gasteiger partial charge in [0.25, 0.3) is 0 Å². The second-order valence-corrected chi connectivity index (χ2v) is 14.1. The van der Waals surface area contributed by atoms with Crippen LogP contribution in [0.5, 0.6) is 0 Å². The molecule has 0 N–H and O–H groups in total. The van der Waals surface area contributed by atoms with Crippen LogP contribution in [0.2, 0.25) is 0 Å². The first kappa shape index (κ1) is 32.0. The summed E-state index contributed by atoms with van der Waals surface area (Å²) in [5.74, 6) is 0. The van der Waals surface area contributed by atoms with Crippen LogP contribution in [-0.4, -0.2) is 4.57 Å². The number of hydrogen-bond acceptors (Lipinski definition) is 0. The maximum atomic E-state index is 13.5. The highest BCUT2D eigenvalue weighted by molar-refractivity contribution is 6.36. The number of fused-ring (bicyclic) bond motifs is 10. The maximum Gasteiger partial charge on any atom is 0.416 e. The predicted octanol–water partition coefficient (Wildman–Crippen LogP) is 14.6. The van der Waals surface area contributed by atoms with E-state index in [0.717, 1.165) is 73.2 Å². The van der Waals surface area contributed by atoms with E-state index in [1.54, 1.807) is 12.1 Å². The van der Waals surface area contributed by atoms with Gasteiger partial charge in [-0.15, -0.1) is 0 Å². The average molecular weight is 704 g/mol. The lowest BCUT2D eigenvalue weighted by Gasteiger charge is -2.14. The number of halogens is 3. The first-order chi connectivity index (χ1) is 26.3. The molecule has 0 saturated heterocycles. The molecule has 54 heavy (non-hydrogen) atoms. The van der Waals surface area contributed by atoms with E-state index in [4.69, 9.17) is 0 Å². The number of nitrogens with zero attached hydrogens (tertiary/aromatic N) is 1. The Hall–Kier alpha value is -6.65. The van der Waals surface area contributed by atoms with Crippen molar-refractivity contribution >= 4 is 54.1 Å². The van der Waals surface area contributed by atoms with Crippen molar-refractivity contribution in [3.8, 4) is 39.1 Å². The van der Waals surface area contributed by atoms with Crippen molar-refractivity contribution in [3.05, 3.63) is 187 Å². The summed E-state index contributed by atoms with van der Waals surface area (Å²) in [5.41, 5.74) is 9.48. The first-order valence-electron chi connectivity index (χ1n) is 18.1. The highest BCUT2D eigenvalue weighted by Crippen LogP contribution is 2.46. The Kier molecular flexibility index (Phi) is 7.24. The van der Waals surface area contributed by atoms with Gasteiger partial charge in [0.1, 0.15) is 0 Å². The van der Waals surface area contributed by atoms with Gasteiger partial charge < -0.3 is 4.57 Å². The maximum absolute atomic E-state index is 13.5. The van der Waals surface area contributed by atoms with Gasteiger partial charge in [0.05, 0.1) is 16.6 Å². The van der Waals surface area contributed by atoms with Crippen molar-refractivity contribution in [3.63, 3.8) is 0 Å². The van der Waals surface area contributed by atoms with Crippen molar-refractivity contribution in [2.24, 2.45) is 0 Å². The normalized spacial score (nSPS) is 12.1.